The van der Waals surface area contributed by atoms with Crippen LogP contribution in [-0.4, -0.2) is 67.9 Å². The zero-order chi connectivity index (χ0) is 26.8. The molecule has 1 fully saturated rings. The van der Waals surface area contributed by atoms with Crippen LogP contribution in [0.1, 0.15) is 11.6 Å². The Balaban J connectivity index is 1.35. The van der Waals surface area contributed by atoms with Gasteiger partial charge in [-0.05, 0) is 28.9 Å². The first-order chi connectivity index (χ1) is 19.1. The van der Waals surface area contributed by atoms with Gasteiger partial charge in [-0.25, -0.2) is 4.98 Å². The van der Waals surface area contributed by atoms with Crippen molar-refractivity contribution >= 4 is 34.3 Å². The molecule has 1 atom stereocenters. The number of fused-ring (bicyclic) bond motifs is 1. The van der Waals surface area contributed by atoms with Gasteiger partial charge in [-0.15, -0.1) is 0 Å². The molecule has 0 radical (unpaired) electrons. The Morgan fingerprint density at radius 2 is 1.95 bits per heavy atom. The van der Waals surface area contributed by atoms with Gasteiger partial charge < -0.3 is 29.9 Å². The molecule has 0 unspecified atom stereocenters. The van der Waals surface area contributed by atoms with Crippen LogP contribution in [0.2, 0.25) is 0 Å². The quantitative estimate of drug-likeness (QED) is 0.234. The number of anilines is 4. The molecule has 39 heavy (non-hydrogen) atoms. The smallest absolute Gasteiger partial charge is 0.271 e. The molecule has 6 rings (SSSR count). The summed E-state index contributed by atoms with van der Waals surface area (Å²) in [6.07, 6.45) is 1.60. The van der Waals surface area contributed by atoms with Gasteiger partial charge in [0.15, 0.2) is 0 Å². The maximum Gasteiger partial charge on any atom is 0.271 e. The van der Waals surface area contributed by atoms with Crippen LogP contribution in [0.15, 0.2) is 64.0 Å². The molecule has 1 aliphatic heterocycles. The number of morpholine rings is 1. The Morgan fingerprint density at radius 3 is 2.74 bits per heavy atom. The van der Waals surface area contributed by atoms with E-state index in [1.807, 2.05) is 41.3 Å². The van der Waals surface area contributed by atoms with Crippen molar-refractivity contribution in [2.75, 3.05) is 48.4 Å². The lowest BCUT2D eigenvalue weighted by molar-refractivity contribution is 0.121. The molecule has 3 aromatic heterocycles. The second-order valence-corrected chi connectivity index (χ2v) is 9.10. The summed E-state index contributed by atoms with van der Waals surface area (Å²) in [6.45, 7) is 2.36. The number of hydrogen-bond donors (Lipinski definition) is 4. The van der Waals surface area contributed by atoms with E-state index in [1.165, 1.54) is 0 Å². The minimum atomic E-state index is -0.444. The zero-order valence-electron chi connectivity index (χ0n) is 21.2. The van der Waals surface area contributed by atoms with Gasteiger partial charge in [-0.2, -0.15) is 9.97 Å². The number of aromatic nitrogens is 6. The summed E-state index contributed by atoms with van der Waals surface area (Å²) in [6, 6.07) is 14.5. The topological polar surface area (TPSA) is 159 Å². The molecule has 0 bridgehead atoms. The molecule has 2 aromatic carbocycles. The van der Waals surface area contributed by atoms with Crippen LogP contribution >= 0.6 is 0 Å². The van der Waals surface area contributed by atoms with Gasteiger partial charge in [0.1, 0.15) is 11.4 Å². The highest BCUT2D eigenvalue weighted by Crippen LogP contribution is 2.31. The second-order valence-electron chi connectivity index (χ2n) is 9.10. The minimum Gasteiger partial charge on any atom is -0.394 e. The number of hydrogen-bond acceptors (Lipinski definition) is 11. The summed E-state index contributed by atoms with van der Waals surface area (Å²) >= 11 is 0. The van der Waals surface area contributed by atoms with Gasteiger partial charge in [-0.3, -0.25) is 14.6 Å². The monoisotopic (exact) mass is 529 g/mol. The van der Waals surface area contributed by atoms with Crippen LogP contribution in [0.3, 0.4) is 0 Å². The Kier molecular flexibility index (Phi) is 6.65. The van der Waals surface area contributed by atoms with Gasteiger partial charge in [0.2, 0.25) is 5.95 Å². The molecule has 13 nitrogen and oxygen atoms in total. The van der Waals surface area contributed by atoms with E-state index in [2.05, 4.69) is 30.9 Å². The average Bonchev–Trinajstić information content (AvgIpc) is 3.57. The van der Waals surface area contributed by atoms with E-state index in [-0.39, 0.29) is 18.1 Å². The molecular weight excluding hydrogens is 502 g/mol. The Hall–Kier alpha value is -4.75. The predicted molar refractivity (Wildman–Crippen MR) is 145 cm³/mol. The number of nitrogens with one attached hydrogen (secondary N) is 3. The number of rotatable bonds is 8. The number of aromatic amines is 1. The number of H-pyrrole nitrogens is 1. The lowest BCUT2D eigenvalue weighted by Gasteiger charge is -2.24. The van der Waals surface area contributed by atoms with E-state index in [9.17, 15) is 9.90 Å². The van der Waals surface area contributed by atoms with Crippen molar-refractivity contribution in [2.45, 2.75) is 6.04 Å². The number of nitrogens with zero attached hydrogens (tertiary/aromatic N) is 6. The van der Waals surface area contributed by atoms with E-state index in [4.69, 9.17) is 14.2 Å². The highest BCUT2D eigenvalue weighted by molar-refractivity contribution is 5.83. The number of aryl methyl sites for hydroxylation is 1. The molecule has 5 aromatic rings. The average molecular weight is 530 g/mol. The Labute approximate surface area is 222 Å². The first-order valence-electron chi connectivity index (χ1n) is 12.5. The van der Waals surface area contributed by atoms with Crippen LogP contribution < -0.4 is 21.1 Å². The van der Waals surface area contributed by atoms with Crippen molar-refractivity contribution in [2.24, 2.45) is 7.05 Å². The fraction of sp³-hybridized carbons (Fsp3) is 0.269. The Morgan fingerprint density at radius 1 is 1.13 bits per heavy atom. The van der Waals surface area contributed by atoms with Crippen LogP contribution in [0.5, 0.6) is 0 Å². The number of aliphatic hydroxyl groups excluding tert-OH is 1. The van der Waals surface area contributed by atoms with E-state index in [1.54, 1.807) is 30.1 Å². The van der Waals surface area contributed by atoms with Crippen LogP contribution in [0.25, 0.3) is 22.4 Å². The second kappa shape index (κ2) is 10.6. The first-order valence-corrected chi connectivity index (χ1v) is 12.5. The van der Waals surface area contributed by atoms with Crippen LogP contribution in [0.4, 0.5) is 23.4 Å². The molecule has 4 heterocycles. The van der Waals surface area contributed by atoms with E-state index < -0.39 is 6.04 Å². The fourth-order valence-electron chi connectivity index (χ4n) is 4.49. The first kappa shape index (κ1) is 24.6. The van der Waals surface area contributed by atoms with Gasteiger partial charge in [-0.1, -0.05) is 30.3 Å². The third kappa shape index (κ3) is 5.04. The lowest BCUT2D eigenvalue weighted by atomic mass is 10.1. The SMILES string of the molecule is Cn1[nH]c(=O)c2ccc(Nc3ncc(-c4nc(N5CCOCC5)no4)c(N[C@H](CO)c4ccccc4)n3)cc21. The van der Waals surface area contributed by atoms with E-state index in [0.717, 1.165) is 11.1 Å². The molecule has 1 saturated heterocycles. The van der Waals surface area contributed by atoms with Crippen molar-refractivity contribution in [1.82, 2.24) is 29.9 Å². The standard InChI is InChI=1S/C26H27N9O4/c1-34-21-13-17(7-8-18(21)23(37)32-34)28-25-27-14-19(24-31-26(33-39-24)35-9-11-38-12-10-35)22(30-25)29-20(15-36)16-5-3-2-4-6-16/h2-8,13-14,20,36H,9-12,15H2,1H3,(H,32,37)(H2,27,28,29,30)/t20-/m1/s1. The summed E-state index contributed by atoms with van der Waals surface area (Å²) in [7, 11) is 1.77. The molecule has 4 N–H and O–H groups in total. The summed E-state index contributed by atoms with van der Waals surface area (Å²) in [5.41, 5.74) is 2.66. The van der Waals surface area contributed by atoms with Crippen molar-refractivity contribution in [3.8, 4) is 11.5 Å². The summed E-state index contributed by atoms with van der Waals surface area (Å²) in [5, 5.41) is 24.2. The molecule has 0 spiro atoms. The maximum absolute atomic E-state index is 12.1. The zero-order valence-corrected chi connectivity index (χ0v) is 21.2. The lowest BCUT2D eigenvalue weighted by Crippen LogP contribution is -2.36. The summed E-state index contributed by atoms with van der Waals surface area (Å²) in [4.78, 5) is 27.8. The van der Waals surface area contributed by atoms with Crippen molar-refractivity contribution in [3.63, 3.8) is 0 Å². The molecule has 0 amide bonds. The van der Waals surface area contributed by atoms with Crippen molar-refractivity contribution in [3.05, 3.63) is 70.6 Å². The minimum absolute atomic E-state index is 0.155. The maximum atomic E-state index is 12.1. The van der Waals surface area contributed by atoms with Gasteiger partial charge in [0, 0.05) is 32.0 Å². The van der Waals surface area contributed by atoms with E-state index >= 15 is 0 Å². The normalized spacial score (nSPS) is 14.5. The largest absolute Gasteiger partial charge is 0.394 e. The number of benzene rings is 2. The van der Waals surface area contributed by atoms with Crippen LogP contribution in [0, 0.1) is 0 Å². The molecule has 13 heteroatoms. The Bertz CT molecular complexity index is 1640. The molecule has 0 aliphatic carbocycles. The van der Waals surface area contributed by atoms with Gasteiger partial charge in [0.25, 0.3) is 17.4 Å². The fourth-order valence-corrected chi connectivity index (χ4v) is 4.49. The predicted octanol–water partition coefficient (Wildman–Crippen LogP) is 2.43. The summed E-state index contributed by atoms with van der Waals surface area (Å²) in [5.74, 6) is 1.43. The molecule has 1 aliphatic rings. The third-order valence-corrected chi connectivity index (χ3v) is 6.55. The van der Waals surface area contributed by atoms with Crippen molar-refractivity contribution in [1.29, 1.82) is 0 Å². The van der Waals surface area contributed by atoms with Gasteiger partial charge >= 0.3 is 0 Å². The molecule has 0 saturated carbocycles. The highest BCUT2D eigenvalue weighted by atomic mass is 16.5. The number of aliphatic hydroxyl groups is 1. The molecular formula is C26H27N9O4. The van der Waals surface area contributed by atoms with E-state index in [0.29, 0.717) is 60.7 Å². The van der Waals surface area contributed by atoms with Gasteiger partial charge in [0.05, 0.1) is 36.8 Å². The summed E-state index contributed by atoms with van der Waals surface area (Å²) < 4.78 is 12.7. The highest BCUT2D eigenvalue weighted by Gasteiger charge is 2.22. The third-order valence-electron chi connectivity index (χ3n) is 6.55. The van der Waals surface area contributed by atoms with Crippen LogP contribution in [-0.2, 0) is 11.8 Å². The van der Waals surface area contributed by atoms with Crippen molar-refractivity contribution < 1.29 is 14.4 Å². The molecule has 200 valence electrons. The number of ether oxygens (including phenoxy) is 1.